The largest absolute Gasteiger partial charge is 0.381 e. The summed E-state index contributed by atoms with van der Waals surface area (Å²) in [6.07, 6.45) is 6.46. The van der Waals surface area contributed by atoms with E-state index < -0.39 is 0 Å². The molecule has 2 amide bonds. The highest BCUT2D eigenvalue weighted by Crippen LogP contribution is 2.21. The lowest BCUT2D eigenvalue weighted by Crippen LogP contribution is -2.36. The highest BCUT2D eigenvalue weighted by Gasteiger charge is 2.27. The van der Waals surface area contributed by atoms with Gasteiger partial charge in [0.25, 0.3) is 5.91 Å². The molecule has 2 aliphatic heterocycles. The van der Waals surface area contributed by atoms with Crippen molar-refractivity contribution in [2.24, 2.45) is 5.92 Å². The maximum atomic E-state index is 12.5. The van der Waals surface area contributed by atoms with Crippen molar-refractivity contribution in [1.29, 1.82) is 0 Å². The molecule has 2 N–H and O–H groups in total. The van der Waals surface area contributed by atoms with Gasteiger partial charge in [0.2, 0.25) is 5.91 Å². The van der Waals surface area contributed by atoms with E-state index in [4.69, 9.17) is 4.74 Å². The van der Waals surface area contributed by atoms with E-state index in [0.717, 1.165) is 43.1 Å². The fourth-order valence-electron chi connectivity index (χ4n) is 3.57. The second-order valence-corrected chi connectivity index (χ2v) is 7.95. The molecule has 0 aliphatic carbocycles. The molecular weight excluding hydrogens is 352 g/mol. The summed E-state index contributed by atoms with van der Waals surface area (Å²) in [5.74, 6) is 1.42. The Hall–Kier alpha value is -1.54. The first-order chi connectivity index (χ1) is 12.7. The number of fused-ring (bicyclic) bond motifs is 1. The van der Waals surface area contributed by atoms with Crippen LogP contribution in [0.4, 0.5) is 0 Å². The summed E-state index contributed by atoms with van der Waals surface area (Å²) in [6, 6.07) is 0. The van der Waals surface area contributed by atoms with Crippen molar-refractivity contribution in [1.82, 2.24) is 20.4 Å². The molecule has 26 heavy (non-hydrogen) atoms. The molecule has 2 aliphatic rings. The van der Waals surface area contributed by atoms with E-state index in [-0.39, 0.29) is 11.8 Å². The monoisotopic (exact) mass is 380 g/mol. The van der Waals surface area contributed by atoms with Gasteiger partial charge < -0.3 is 15.0 Å². The summed E-state index contributed by atoms with van der Waals surface area (Å²) in [5, 5.41) is 10.2. The third-order valence-corrected chi connectivity index (χ3v) is 5.73. The molecule has 1 aromatic heterocycles. The molecule has 0 radical (unpaired) electrons. The Morgan fingerprint density at radius 1 is 1.46 bits per heavy atom. The first-order valence-electron chi connectivity index (χ1n) is 9.37. The zero-order chi connectivity index (χ0) is 18.4. The lowest BCUT2D eigenvalue weighted by Gasteiger charge is -2.27. The number of H-pyrrole nitrogens is 1. The zero-order valence-electron chi connectivity index (χ0n) is 15.4. The van der Waals surface area contributed by atoms with Gasteiger partial charge in [-0.2, -0.15) is 16.9 Å². The van der Waals surface area contributed by atoms with E-state index in [1.54, 1.807) is 11.8 Å². The lowest BCUT2D eigenvalue weighted by atomic mass is 9.98. The molecule has 0 spiro atoms. The van der Waals surface area contributed by atoms with Gasteiger partial charge in [0.1, 0.15) is 0 Å². The Bertz CT molecular complexity index is 628. The third kappa shape index (κ3) is 4.79. The number of ether oxygens (including phenoxy) is 1. The molecule has 8 heteroatoms. The van der Waals surface area contributed by atoms with E-state index in [0.29, 0.717) is 44.1 Å². The number of aromatic amines is 1. The molecule has 1 saturated heterocycles. The van der Waals surface area contributed by atoms with Gasteiger partial charge in [0, 0.05) is 44.0 Å². The molecule has 0 bridgehead atoms. The smallest absolute Gasteiger partial charge is 0.272 e. The van der Waals surface area contributed by atoms with Gasteiger partial charge in [-0.15, -0.1) is 0 Å². The molecular formula is C18H28N4O3S. The van der Waals surface area contributed by atoms with Crippen molar-refractivity contribution in [2.45, 2.75) is 38.6 Å². The number of hydrogen-bond donors (Lipinski definition) is 2. The van der Waals surface area contributed by atoms with Crippen molar-refractivity contribution in [3.63, 3.8) is 0 Å². The number of thioether (sulfide) groups is 1. The van der Waals surface area contributed by atoms with Crippen LogP contribution in [0.1, 0.15) is 47.4 Å². The Morgan fingerprint density at radius 2 is 2.35 bits per heavy atom. The minimum atomic E-state index is -0.124. The van der Waals surface area contributed by atoms with E-state index >= 15 is 0 Å². The standard InChI is InChI=1S/C18H28N4O3S/c1-26-10-6-16(23)22-8-5-14-15(11-22)20-21-17(14)18(24)19-7-4-13-3-2-9-25-12-13/h13H,2-12H2,1H3,(H,19,24)(H,20,21). The first-order valence-corrected chi connectivity index (χ1v) is 10.8. The van der Waals surface area contributed by atoms with Crippen molar-refractivity contribution < 1.29 is 14.3 Å². The number of amides is 2. The van der Waals surface area contributed by atoms with Gasteiger partial charge in [-0.3, -0.25) is 14.7 Å². The van der Waals surface area contributed by atoms with E-state index in [1.165, 1.54) is 6.42 Å². The predicted octanol–water partition coefficient (Wildman–Crippen LogP) is 1.59. The van der Waals surface area contributed by atoms with Crippen LogP contribution in [0, 0.1) is 5.92 Å². The van der Waals surface area contributed by atoms with Crippen LogP contribution in [-0.2, 0) is 22.5 Å². The number of hydrogen-bond acceptors (Lipinski definition) is 5. The van der Waals surface area contributed by atoms with Crippen molar-refractivity contribution >= 4 is 23.6 Å². The Kier molecular flexibility index (Phi) is 6.96. The fourth-order valence-corrected chi connectivity index (χ4v) is 3.95. The zero-order valence-corrected chi connectivity index (χ0v) is 16.2. The van der Waals surface area contributed by atoms with Crippen molar-refractivity contribution in [3.8, 4) is 0 Å². The molecule has 1 atom stereocenters. The van der Waals surface area contributed by atoms with Crippen molar-refractivity contribution in [2.75, 3.05) is 38.3 Å². The second-order valence-electron chi connectivity index (χ2n) is 6.97. The molecule has 7 nitrogen and oxygen atoms in total. The molecule has 144 valence electrons. The number of carbonyl (C=O) groups excluding carboxylic acids is 2. The fraction of sp³-hybridized carbons (Fsp3) is 0.722. The molecule has 1 fully saturated rings. The van der Waals surface area contributed by atoms with Crippen LogP contribution >= 0.6 is 11.8 Å². The van der Waals surface area contributed by atoms with Gasteiger partial charge in [-0.25, -0.2) is 0 Å². The number of aromatic nitrogens is 2. The second kappa shape index (κ2) is 9.41. The molecule has 1 aromatic rings. The summed E-state index contributed by atoms with van der Waals surface area (Å²) < 4.78 is 5.48. The van der Waals surface area contributed by atoms with Crippen LogP contribution in [-0.4, -0.2) is 65.2 Å². The average molecular weight is 381 g/mol. The predicted molar refractivity (Wildman–Crippen MR) is 101 cm³/mol. The van der Waals surface area contributed by atoms with Crippen LogP contribution in [0.2, 0.25) is 0 Å². The van der Waals surface area contributed by atoms with Crippen molar-refractivity contribution in [3.05, 3.63) is 17.0 Å². The minimum Gasteiger partial charge on any atom is -0.381 e. The van der Waals surface area contributed by atoms with Gasteiger partial charge in [-0.05, 0) is 37.9 Å². The Morgan fingerprint density at radius 3 is 3.12 bits per heavy atom. The highest BCUT2D eigenvalue weighted by molar-refractivity contribution is 7.98. The van der Waals surface area contributed by atoms with E-state index in [1.807, 2.05) is 11.2 Å². The van der Waals surface area contributed by atoms with Crippen LogP contribution in [0.25, 0.3) is 0 Å². The van der Waals surface area contributed by atoms with E-state index in [9.17, 15) is 9.59 Å². The summed E-state index contributed by atoms with van der Waals surface area (Å²) in [4.78, 5) is 26.5. The Balaban J connectivity index is 1.50. The Labute approximate surface area is 158 Å². The van der Waals surface area contributed by atoms with Gasteiger partial charge >= 0.3 is 0 Å². The number of rotatable bonds is 7. The maximum absolute atomic E-state index is 12.5. The molecule has 0 saturated carbocycles. The first kappa shape index (κ1) is 19.2. The van der Waals surface area contributed by atoms with Gasteiger partial charge in [-0.1, -0.05) is 0 Å². The number of nitrogens with zero attached hydrogens (tertiary/aromatic N) is 2. The highest BCUT2D eigenvalue weighted by atomic mass is 32.2. The number of carbonyl (C=O) groups is 2. The van der Waals surface area contributed by atoms with Gasteiger partial charge in [0.15, 0.2) is 5.69 Å². The van der Waals surface area contributed by atoms with Crippen LogP contribution in [0.5, 0.6) is 0 Å². The summed E-state index contributed by atoms with van der Waals surface area (Å²) in [6.45, 7) is 3.47. The SMILES string of the molecule is CSCCC(=O)N1CCc2c(C(=O)NCCC3CCCOC3)n[nH]c2C1. The summed E-state index contributed by atoms with van der Waals surface area (Å²) in [5.41, 5.74) is 2.33. The quantitative estimate of drug-likeness (QED) is 0.750. The number of nitrogens with one attached hydrogen (secondary N) is 2. The summed E-state index contributed by atoms with van der Waals surface area (Å²) >= 11 is 1.68. The lowest BCUT2D eigenvalue weighted by molar-refractivity contribution is -0.131. The van der Waals surface area contributed by atoms with E-state index in [2.05, 4.69) is 15.5 Å². The molecule has 1 unspecified atom stereocenters. The minimum absolute atomic E-state index is 0.124. The van der Waals surface area contributed by atoms with Crippen LogP contribution in [0.15, 0.2) is 0 Å². The summed E-state index contributed by atoms with van der Waals surface area (Å²) in [7, 11) is 0. The molecule has 3 heterocycles. The third-order valence-electron chi connectivity index (χ3n) is 5.11. The topological polar surface area (TPSA) is 87.3 Å². The normalized spacial score (nSPS) is 19.9. The average Bonchev–Trinajstić information content (AvgIpc) is 3.10. The molecule has 0 aromatic carbocycles. The molecule has 3 rings (SSSR count). The van der Waals surface area contributed by atoms with Gasteiger partial charge in [0.05, 0.1) is 12.2 Å². The van der Waals surface area contributed by atoms with Crippen LogP contribution in [0.3, 0.4) is 0 Å². The maximum Gasteiger partial charge on any atom is 0.272 e. The van der Waals surface area contributed by atoms with Crippen LogP contribution < -0.4 is 5.32 Å².